The van der Waals surface area contributed by atoms with Gasteiger partial charge in [0.15, 0.2) is 0 Å². The third-order valence-electron chi connectivity index (χ3n) is 2.99. The number of aliphatic hydroxyl groups excluding tert-OH is 1. The lowest BCUT2D eigenvalue weighted by molar-refractivity contribution is -0.121. The molecule has 0 saturated heterocycles. The number of carbonyl (C=O) groups is 1. The lowest BCUT2D eigenvalue weighted by Gasteiger charge is -2.25. The van der Waals surface area contributed by atoms with Crippen molar-refractivity contribution in [2.75, 3.05) is 13.7 Å². The molecule has 0 heterocycles. The second-order valence-corrected chi connectivity index (χ2v) is 6.20. The molecule has 0 aliphatic heterocycles. The highest BCUT2D eigenvalue weighted by atomic mass is 16.5. The van der Waals surface area contributed by atoms with Crippen molar-refractivity contribution >= 4 is 5.91 Å². The van der Waals surface area contributed by atoms with E-state index in [0.29, 0.717) is 5.75 Å². The number of para-hydroxylation sites is 1. The summed E-state index contributed by atoms with van der Waals surface area (Å²) in [5, 5.41) is 12.2. The first kappa shape index (κ1) is 16.5. The minimum Gasteiger partial charge on any atom is -0.496 e. The number of hydrogen-bond acceptors (Lipinski definition) is 3. The largest absolute Gasteiger partial charge is 0.496 e. The molecule has 1 unspecified atom stereocenters. The first-order chi connectivity index (χ1) is 9.35. The lowest BCUT2D eigenvalue weighted by atomic mass is 9.88. The van der Waals surface area contributed by atoms with E-state index in [4.69, 9.17) is 4.74 Å². The van der Waals surface area contributed by atoms with Gasteiger partial charge in [-0.3, -0.25) is 4.79 Å². The molecule has 4 nitrogen and oxygen atoms in total. The molecular formula is C16H25NO3. The third kappa shape index (κ3) is 5.61. The van der Waals surface area contributed by atoms with Gasteiger partial charge in [0, 0.05) is 5.56 Å². The van der Waals surface area contributed by atoms with Gasteiger partial charge in [-0.25, -0.2) is 0 Å². The Kier molecular flexibility index (Phi) is 6.02. The van der Waals surface area contributed by atoms with Crippen LogP contribution in [0.15, 0.2) is 24.3 Å². The Bertz CT molecular complexity index is 438. The first-order valence-corrected chi connectivity index (χ1v) is 6.88. The Balaban J connectivity index is 2.62. The molecule has 4 heteroatoms. The van der Waals surface area contributed by atoms with Gasteiger partial charge < -0.3 is 15.2 Å². The maximum absolute atomic E-state index is 12.1. The number of benzene rings is 1. The van der Waals surface area contributed by atoms with Crippen LogP contribution < -0.4 is 10.1 Å². The van der Waals surface area contributed by atoms with Crippen LogP contribution >= 0.6 is 0 Å². The molecule has 0 aromatic heterocycles. The SMILES string of the molecule is COc1ccccc1CC(=O)NC(CO)CC(C)(C)C. The molecule has 1 aromatic carbocycles. The second kappa shape index (κ2) is 7.29. The summed E-state index contributed by atoms with van der Waals surface area (Å²) >= 11 is 0. The molecule has 1 aromatic rings. The Morgan fingerprint density at radius 1 is 1.35 bits per heavy atom. The van der Waals surface area contributed by atoms with Crippen molar-refractivity contribution in [2.45, 2.75) is 39.7 Å². The van der Waals surface area contributed by atoms with Crippen molar-refractivity contribution in [2.24, 2.45) is 5.41 Å². The number of amides is 1. The molecule has 20 heavy (non-hydrogen) atoms. The smallest absolute Gasteiger partial charge is 0.224 e. The van der Waals surface area contributed by atoms with Crippen LogP contribution in [-0.4, -0.2) is 30.8 Å². The zero-order chi connectivity index (χ0) is 15.2. The normalized spacial score (nSPS) is 12.8. The van der Waals surface area contributed by atoms with E-state index in [9.17, 15) is 9.90 Å². The summed E-state index contributed by atoms with van der Waals surface area (Å²) in [5.74, 6) is 0.608. The van der Waals surface area contributed by atoms with Crippen molar-refractivity contribution in [1.29, 1.82) is 0 Å². The maximum atomic E-state index is 12.1. The fraction of sp³-hybridized carbons (Fsp3) is 0.562. The van der Waals surface area contributed by atoms with Gasteiger partial charge in [-0.15, -0.1) is 0 Å². The monoisotopic (exact) mass is 279 g/mol. The zero-order valence-electron chi connectivity index (χ0n) is 12.8. The minimum atomic E-state index is -0.211. The Hall–Kier alpha value is -1.55. The summed E-state index contributed by atoms with van der Waals surface area (Å²) in [6.07, 6.45) is 0.992. The van der Waals surface area contributed by atoms with Gasteiger partial charge in [-0.05, 0) is 17.9 Å². The Labute approximate surface area is 121 Å². The number of hydrogen-bond donors (Lipinski definition) is 2. The maximum Gasteiger partial charge on any atom is 0.224 e. The van der Waals surface area contributed by atoms with Gasteiger partial charge in [0.2, 0.25) is 5.91 Å². The topological polar surface area (TPSA) is 58.6 Å². The molecule has 0 aliphatic carbocycles. The van der Waals surface area contributed by atoms with Crippen LogP contribution in [0.25, 0.3) is 0 Å². The van der Waals surface area contributed by atoms with E-state index in [-0.39, 0.29) is 30.4 Å². The molecule has 1 atom stereocenters. The first-order valence-electron chi connectivity index (χ1n) is 6.88. The molecule has 2 N–H and O–H groups in total. The highest BCUT2D eigenvalue weighted by molar-refractivity contribution is 5.79. The number of carbonyl (C=O) groups excluding carboxylic acids is 1. The van der Waals surface area contributed by atoms with Crippen LogP contribution in [0.5, 0.6) is 5.75 Å². The molecule has 0 radical (unpaired) electrons. The van der Waals surface area contributed by atoms with E-state index in [2.05, 4.69) is 26.1 Å². The van der Waals surface area contributed by atoms with Crippen molar-refractivity contribution in [3.63, 3.8) is 0 Å². The predicted molar refractivity (Wildman–Crippen MR) is 79.8 cm³/mol. The van der Waals surface area contributed by atoms with Crippen LogP contribution in [0.3, 0.4) is 0 Å². The van der Waals surface area contributed by atoms with Crippen molar-refractivity contribution in [3.05, 3.63) is 29.8 Å². The zero-order valence-corrected chi connectivity index (χ0v) is 12.8. The average Bonchev–Trinajstić information content (AvgIpc) is 2.36. The highest BCUT2D eigenvalue weighted by Gasteiger charge is 2.20. The predicted octanol–water partition coefficient (Wildman–Crippen LogP) is 2.15. The fourth-order valence-electron chi connectivity index (χ4n) is 2.20. The van der Waals surface area contributed by atoms with Crippen molar-refractivity contribution < 1.29 is 14.6 Å². The van der Waals surface area contributed by atoms with E-state index in [0.717, 1.165) is 12.0 Å². The number of rotatable bonds is 6. The van der Waals surface area contributed by atoms with E-state index < -0.39 is 0 Å². The van der Waals surface area contributed by atoms with Crippen LogP contribution in [0.1, 0.15) is 32.8 Å². The molecule has 0 aliphatic rings. The van der Waals surface area contributed by atoms with E-state index in [1.54, 1.807) is 7.11 Å². The van der Waals surface area contributed by atoms with Crippen LogP contribution in [-0.2, 0) is 11.2 Å². The summed E-state index contributed by atoms with van der Waals surface area (Å²) < 4.78 is 5.23. The van der Waals surface area contributed by atoms with Crippen molar-refractivity contribution in [3.8, 4) is 5.75 Å². The summed E-state index contributed by atoms with van der Waals surface area (Å²) in [5.41, 5.74) is 0.908. The standard InChI is InChI=1S/C16H25NO3/c1-16(2,3)10-13(11-18)17-15(19)9-12-7-5-6-8-14(12)20-4/h5-8,13,18H,9-11H2,1-4H3,(H,17,19). The quantitative estimate of drug-likeness (QED) is 0.839. The summed E-state index contributed by atoms with van der Waals surface area (Å²) in [7, 11) is 1.59. The number of ether oxygens (including phenoxy) is 1. The van der Waals surface area contributed by atoms with Crippen LogP contribution in [0.4, 0.5) is 0 Å². The summed E-state index contributed by atoms with van der Waals surface area (Å²) in [4.78, 5) is 12.1. The minimum absolute atomic E-state index is 0.0467. The second-order valence-electron chi connectivity index (χ2n) is 6.20. The van der Waals surface area contributed by atoms with Gasteiger partial charge in [0.1, 0.15) is 5.75 Å². The van der Waals surface area contributed by atoms with Gasteiger partial charge in [0.05, 0.1) is 26.2 Å². The van der Waals surface area contributed by atoms with Gasteiger partial charge in [0.25, 0.3) is 0 Å². The van der Waals surface area contributed by atoms with E-state index in [1.165, 1.54) is 0 Å². The molecule has 0 saturated carbocycles. The number of aliphatic hydroxyl groups is 1. The Morgan fingerprint density at radius 2 is 2.00 bits per heavy atom. The molecule has 0 bridgehead atoms. The molecule has 112 valence electrons. The van der Waals surface area contributed by atoms with E-state index in [1.807, 2.05) is 24.3 Å². The summed E-state index contributed by atoms with van der Waals surface area (Å²) in [6, 6.07) is 7.25. The van der Waals surface area contributed by atoms with Crippen LogP contribution in [0, 0.1) is 5.41 Å². The summed E-state index contributed by atoms with van der Waals surface area (Å²) in [6.45, 7) is 6.21. The van der Waals surface area contributed by atoms with Gasteiger partial charge in [-0.2, -0.15) is 0 Å². The highest BCUT2D eigenvalue weighted by Crippen LogP contribution is 2.21. The van der Waals surface area contributed by atoms with Crippen molar-refractivity contribution in [1.82, 2.24) is 5.32 Å². The number of methoxy groups -OCH3 is 1. The number of nitrogens with one attached hydrogen (secondary N) is 1. The third-order valence-corrected chi connectivity index (χ3v) is 2.99. The van der Waals surface area contributed by atoms with E-state index >= 15 is 0 Å². The van der Waals surface area contributed by atoms with Gasteiger partial charge in [-0.1, -0.05) is 39.0 Å². The molecule has 0 spiro atoms. The lowest BCUT2D eigenvalue weighted by Crippen LogP contribution is -2.40. The Morgan fingerprint density at radius 3 is 2.55 bits per heavy atom. The molecule has 1 amide bonds. The molecule has 1 rings (SSSR count). The fourth-order valence-corrected chi connectivity index (χ4v) is 2.20. The average molecular weight is 279 g/mol. The van der Waals surface area contributed by atoms with Gasteiger partial charge >= 0.3 is 0 Å². The van der Waals surface area contributed by atoms with Crippen LogP contribution in [0.2, 0.25) is 0 Å². The molecular weight excluding hydrogens is 254 g/mol. The molecule has 0 fully saturated rings.